The highest BCUT2D eigenvalue weighted by molar-refractivity contribution is 5.94. The van der Waals surface area contributed by atoms with E-state index in [1.165, 1.54) is 12.1 Å². The minimum absolute atomic E-state index is 0.220. The highest BCUT2D eigenvalue weighted by Gasteiger charge is 2.16. The number of nitrogens with one attached hydrogen (secondary N) is 3. The van der Waals surface area contributed by atoms with Gasteiger partial charge in [-0.05, 0) is 73.6 Å². The summed E-state index contributed by atoms with van der Waals surface area (Å²) >= 11 is 0. The molecule has 4 rings (SSSR count). The fourth-order valence-corrected chi connectivity index (χ4v) is 3.69. The first-order valence-corrected chi connectivity index (χ1v) is 11.3. The number of aromatic nitrogens is 1. The van der Waals surface area contributed by atoms with E-state index in [0.717, 1.165) is 28.2 Å². The molecule has 0 aliphatic heterocycles. The molecule has 0 radical (unpaired) electrons. The van der Waals surface area contributed by atoms with Gasteiger partial charge in [0.1, 0.15) is 11.5 Å². The van der Waals surface area contributed by atoms with Crippen LogP contribution in [0.2, 0.25) is 0 Å². The molecule has 1 aromatic heterocycles. The summed E-state index contributed by atoms with van der Waals surface area (Å²) in [6.07, 6.45) is 0. The van der Waals surface area contributed by atoms with Gasteiger partial charge in [0, 0.05) is 11.4 Å². The minimum Gasteiger partial charge on any atom is -0.356 e. The number of halogens is 1. The molecule has 0 aliphatic carbocycles. The molecule has 0 aliphatic rings. The number of rotatable bonds is 8. The summed E-state index contributed by atoms with van der Waals surface area (Å²) in [5, 5.41) is 8.87. The third kappa shape index (κ3) is 5.83. The number of likely N-dealkylation sites (N-methyl/N-ethyl adjacent to an activating group) is 1. The van der Waals surface area contributed by atoms with Gasteiger partial charge in [-0.15, -0.1) is 0 Å². The van der Waals surface area contributed by atoms with Crippen LogP contribution in [0, 0.1) is 5.82 Å². The number of nitrogens with zero attached hydrogens (tertiary/aromatic N) is 1. The van der Waals surface area contributed by atoms with E-state index in [-0.39, 0.29) is 23.0 Å². The highest BCUT2D eigenvalue weighted by atomic mass is 19.1. The zero-order chi connectivity index (χ0) is 24.8. The lowest BCUT2D eigenvalue weighted by Gasteiger charge is -2.17. The van der Waals surface area contributed by atoms with Crippen molar-refractivity contribution in [3.05, 3.63) is 113 Å². The maximum absolute atomic E-state index is 13.5. The number of carbonyl (C=O) groups is 1. The summed E-state index contributed by atoms with van der Waals surface area (Å²) < 4.78 is 14.9. The van der Waals surface area contributed by atoms with E-state index < -0.39 is 6.04 Å². The summed E-state index contributed by atoms with van der Waals surface area (Å²) in [5.74, 6) is -0.581. The maximum atomic E-state index is 13.5. The molecule has 0 bridgehead atoms. The molecule has 1 heterocycles. The van der Waals surface area contributed by atoms with Crippen LogP contribution in [0.4, 0.5) is 21.5 Å². The van der Waals surface area contributed by atoms with Crippen LogP contribution in [-0.4, -0.2) is 23.6 Å². The van der Waals surface area contributed by atoms with E-state index in [1.54, 1.807) is 36.7 Å². The number of amides is 1. The Bertz CT molecular complexity index is 1370. The van der Waals surface area contributed by atoms with Crippen molar-refractivity contribution in [1.82, 2.24) is 9.88 Å². The molecule has 0 saturated heterocycles. The molecule has 6 nitrogen and oxygen atoms in total. The molecular weight excluding hydrogens is 443 g/mol. The third-order valence-electron chi connectivity index (χ3n) is 5.73. The molecule has 0 saturated carbocycles. The SMILES string of the molecule is CN[C@@H](C)C(=O)Nc1ccc(-c2ccccc2)n(Cc2cccc(Nc3ccc(F)cc3)c2)c1=O. The van der Waals surface area contributed by atoms with Crippen molar-refractivity contribution in [2.75, 3.05) is 17.7 Å². The normalized spacial score (nSPS) is 11.6. The zero-order valence-corrected chi connectivity index (χ0v) is 19.6. The van der Waals surface area contributed by atoms with Gasteiger partial charge >= 0.3 is 0 Å². The van der Waals surface area contributed by atoms with Crippen LogP contribution in [0.15, 0.2) is 95.8 Å². The Morgan fingerprint density at radius 1 is 0.914 bits per heavy atom. The maximum Gasteiger partial charge on any atom is 0.275 e. The van der Waals surface area contributed by atoms with Crippen LogP contribution in [-0.2, 0) is 11.3 Å². The molecule has 0 fully saturated rings. The van der Waals surface area contributed by atoms with Gasteiger partial charge < -0.3 is 20.5 Å². The Morgan fingerprint density at radius 3 is 2.37 bits per heavy atom. The lowest BCUT2D eigenvalue weighted by atomic mass is 10.1. The fraction of sp³-hybridized carbons (Fsp3) is 0.143. The molecule has 0 spiro atoms. The lowest BCUT2D eigenvalue weighted by molar-refractivity contribution is -0.117. The Kier molecular flexibility index (Phi) is 7.38. The molecule has 35 heavy (non-hydrogen) atoms. The van der Waals surface area contributed by atoms with Gasteiger partial charge in [0.2, 0.25) is 5.91 Å². The Hall–Kier alpha value is -4.23. The average Bonchev–Trinajstić information content (AvgIpc) is 2.88. The molecule has 3 aromatic carbocycles. The van der Waals surface area contributed by atoms with Gasteiger partial charge in [-0.3, -0.25) is 9.59 Å². The number of benzene rings is 3. The lowest BCUT2D eigenvalue weighted by Crippen LogP contribution is -2.37. The first-order valence-electron chi connectivity index (χ1n) is 11.3. The second-order valence-corrected chi connectivity index (χ2v) is 8.22. The zero-order valence-electron chi connectivity index (χ0n) is 19.6. The molecule has 1 atom stereocenters. The van der Waals surface area contributed by atoms with Gasteiger partial charge in [0.05, 0.1) is 18.3 Å². The van der Waals surface area contributed by atoms with Crippen LogP contribution in [0.5, 0.6) is 0 Å². The van der Waals surface area contributed by atoms with Crippen molar-refractivity contribution in [2.24, 2.45) is 0 Å². The van der Waals surface area contributed by atoms with Crippen LogP contribution >= 0.6 is 0 Å². The monoisotopic (exact) mass is 470 g/mol. The average molecular weight is 471 g/mol. The smallest absolute Gasteiger partial charge is 0.275 e. The van der Waals surface area contributed by atoms with Gasteiger partial charge in [0.15, 0.2) is 0 Å². The summed E-state index contributed by atoms with van der Waals surface area (Å²) in [7, 11) is 1.69. The van der Waals surface area contributed by atoms with E-state index in [1.807, 2.05) is 60.7 Å². The van der Waals surface area contributed by atoms with Crippen LogP contribution in [0.1, 0.15) is 12.5 Å². The molecule has 1 amide bonds. The number of carbonyl (C=O) groups excluding carboxylic acids is 1. The second-order valence-electron chi connectivity index (χ2n) is 8.22. The van der Waals surface area contributed by atoms with Gasteiger partial charge in [-0.1, -0.05) is 42.5 Å². The first kappa shape index (κ1) is 23.9. The first-order chi connectivity index (χ1) is 16.9. The van der Waals surface area contributed by atoms with Gasteiger partial charge in [-0.25, -0.2) is 4.39 Å². The quantitative estimate of drug-likeness (QED) is 0.339. The van der Waals surface area contributed by atoms with E-state index in [9.17, 15) is 14.0 Å². The molecular formula is C28H27FN4O2. The summed E-state index contributed by atoms with van der Waals surface area (Å²) in [6, 6.07) is 26.5. The molecule has 0 unspecified atom stereocenters. The largest absolute Gasteiger partial charge is 0.356 e. The Labute approximate surface area is 203 Å². The minimum atomic E-state index is -0.439. The topological polar surface area (TPSA) is 75.2 Å². The summed E-state index contributed by atoms with van der Waals surface area (Å²) in [5.41, 5.74) is 4.03. The van der Waals surface area contributed by atoms with Crippen molar-refractivity contribution in [1.29, 1.82) is 0 Å². The van der Waals surface area contributed by atoms with Crippen LogP contribution < -0.4 is 21.5 Å². The number of hydrogen-bond acceptors (Lipinski definition) is 4. The second kappa shape index (κ2) is 10.8. The van der Waals surface area contributed by atoms with Crippen LogP contribution in [0.3, 0.4) is 0 Å². The van der Waals surface area contributed by atoms with Crippen molar-refractivity contribution in [3.8, 4) is 11.3 Å². The number of hydrogen-bond donors (Lipinski definition) is 3. The van der Waals surface area contributed by atoms with Crippen molar-refractivity contribution in [3.63, 3.8) is 0 Å². The number of pyridine rings is 1. The molecule has 4 aromatic rings. The fourth-order valence-electron chi connectivity index (χ4n) is 3.69. The van der Waals surface area contributed by atoms with E-state index in [4.69, 9.17) is 0 Å². The van der Waals surface area contributed by atoms with E-state index in [2.05, 4.69) is 16.0 Å². The molecule has 7 heteroatoms. The van der Waals surface area contributed by atoms with Crippen molar-refractivity contribution < 1.29 is 9.18 Å². The summed E-state index contributed by atoms with van der Waals surface area (Å²) in [6.45, 7) is 2.03. The Balaban J connectivity index is 1.69. The van der Waals surface area contributed by atoms with Crippen molar-refractivity contribution in [2.45, 2.75) is 19.5 Å². The predicted octanol–water partition coefficient (Wildman–Crippen LogP) is 4.99. The van der Waals surface area contributed by atoms with Gasteiger partial charge in [0.25, 0.3) is 5.56 Å². The molecule has 3 N–H and O–H groups in total. The highest BCUT2D eigenvalue weighted by Crippen LogP contribution is 2.22. The van der Waals surface area contributed by atoms with Crippen LogP contribution in [0.25, 0.3) is 11.3 Å². The number of anilines is 3. The predicted molar refractivity (Wildman–Crippen MR) is 139 cm³/mol. The van der Waals surface area contributed by atoms with Crippen molar-refractivity contribution >= 4 is 23.0 Å². The standard InChI is InChI=1S/C28H27FN4O2/c1-19(30-2)27(34)32-25-15-16-26(21-8-4-3-5-9-21)33(28(25)35)18-20-7-6-10-24(17-20)31-23-13-11-22(29)12-14-23/h3-17,19,30-31H,18H2,1-2H3,(H,32,34)/t19-/m0/s1. The Morgan fingerprint density at radius 2 is 1.66 bits per heavy atom. The van der Waals surface area contributed by atoms with Gasteiger partial charge in [-0.2, -0.15) is 0 Å². The third-order valence-corrected chi connectivity index (χ3v) is 5.73. The molecule has 178 valence electrons. The van der Waals surface area contributed by atoms with E-state index >= 15 is 0 Å². The van der Waals surface area contributed by atoms with E-state index in [0.29, 0.717) is 6.54 Å². The summed E-state index contributed by atoms with van der Waals surface area (Å²) in [4.78, 5) is 25.9.